The van der Waals surface area contributed by atoms with Crippen LogP contribution in [0.25, 0.3) is 0 Å². The molecule has 0 aliphatic rings. The maximum absolute atomic E-state index is 10.5. The van der Waals surface area contributed by atoms with Crippen molar-refractivity contribution in [2.45, 2.75) is 18.9 Å². The Balaban J connectivity index is 1.99. The third kappa shape index (κ3) is 7.30. The third-order valence-electron chi connectivity index (χ3n) is 2.41. The first-order chi connectivity index (χ1) is 9.09. The summed E-state index contributed by atoms with van der Waals surface area (Å²) in [6.45, 7) is 0.639. The maximum atomic E-state index is 10.5. The summed E-state index contributed by atoms with van der Waals surface area (Å²) in [5.41, 5.74) is 5.40. The number of hydrogen-bond acceptors (Lipinski definition) is 4. The standard InChI is InChI=1S/C13H18ClNO3S/c14-10-2-4-11(5-3-10)18-7-1-8-19-9-6-12(15)13(16)17/h2-5,12H,1,6-9,15H2,(H,16,17). The fraction of sp³-hybridized carbons (Fsp3) is 0.462. The zero-order chi connectivity index (χ0) is 14.1. The van der Waals surface area contributed by atoms with E-state index in [1.807, 2.05) is 12.1 Å². The Bertz CT molecular complexity index is 386. The van der Waals surface area contributed by atoms with Crippen molar-refractivity contribution in [2.24, 2.45) is 5.73 Å². The van der Waals surface area contributed by atoms with Gasteiger partial charge in [-0.3, -0.25) is 4.79 Å². The Labute approximate surface area is 122 Å². The first kappa shape index (κ1) is 16.1. The van der Waals surface area contributed by atoms with Crippen molar-refractivity contribution in [1.82, 2.24) is 0 Å². The normalized spacial score (nSPS) is 12.1. The van der Waals surface area contributed by atoms with Crippen molar-refractivity contribution in [3.05, 3.63) is 29.3 Å². The summed E-state index contributed by atoms with van der Waals surface area (Å²) >= 11 is 7.46. The van der Waals surface area contributed by atoms with Crippen LogP contribution in [0.2, 0.25) is 5.02 Å². The molecular weight excluding hydrogens is 286 g/mol. The van der Waals surface area contributed by atoms with E-state index in [-0.39, 0.29) is 0 Å². The molecule has 1 unspecified atom stereocenters. The van der Waals surface area contributed by atoms with Crippen LogP contribution in [0.4, 0.5) is 0 Å². The van der Waals surface area contributed by atoms with Gasteiger partial charge in [-0.15, -0.1) is 0 Å². The SMILES string of the molecule is NC(CCSCCCOc1ccc(Cl)cc1)C(=O)O. The minimum absolute atomic E-state index is 0.498. The molecule has 0 saturated carbocycles. The summed E-state index contributed by atoms with van der Waals surface area (Å²) in [6.07, 6.45) is 1.41. The van der Waals surface area contributed by atoms with Gasteiger partial charge in [-0.1, -0.05) is 11.6 Å². The molecule has 1 aromatic rings. The maximum Gasteiger partial charge on any atom is 0.320 e. The predicted molar refractivity (Wildman–Crippen MR) is 79.1 cm³/mol. The Morgan fingerprint density at radius 2 is 2.05 bits per heavy atom. The topological polar surface area (TPSA) is 72.5 Å². The molecule has 0 radical (unpaired) electrons. The Morgan fingerprint density at radius 1 is 1.37 bits per heavy atom. The molecule has 106 valence electrons. The number of halogens is 1. The number of benzene rings is 1. The van der Waals surface area contributed by atoms with Crippen LogP contribution in [0.3, 0.4) is 0 Å². The predicted octanol–water partition coefficient (Wildman–Crippen LogP) is 2.64. The molecule has 1 aromatic carbocycles. The molecule has 0 fully saturated rings. The van der Waals surface area contributed by atoms with Gasteiger partial charge in [0, 0.05) is 5.02 Å². The number of aliphatic carboxylic acids is 1. The Hall–Kier alpha value is -0.910. The number of carbonyl (C=O) groups is 1. The molecule has 1 rings (SSSR count). The first-order valence-electron chi connectivity index (χ1n) is 6.04. The molecule has 4 nitrogen and oxygen atoms in total. The molecule has 0 aliphatic carbocycles. The second kappa shape index (κ2) is 9.07. The minimum atomic E-state index is -0.938. The smallest absolute Gasteiger partial charge is 0.320 e. The lowest BCUT2D eigenvalue weighted by atomic mass is 10.2. The highest BCUT2D eigenvalue weighted by molar-refractivity contribution is 7.99. The number of hydrogen-bond donors (Lipinski definition) is 2. The van der Waals surface area contributed by atoms with Crippen LogP contribution in [0.1, 0.15) is 12.8 Å². The van der Waals surface area contributed by atoms with Gasteiger partial charge in [-0.05, 0) is 48.6 Å². The van der Waals surface area contributed by atoms with Crippen LogP contribution in [-0.4, -0.2) is 35.2 Å². The van der Waals surface area contributed by atoms with Crippen LogP contribution in [0, 0.1) is 0 Å². The van der Waals surface area contributed by atoms with Crippen LogP contribution in [0.5, 0.6) is 5.75 Å². The van der Waals surface area contributed by atoms with Gasteiger partial charge in [0.05, 0.1) is 6.61 Å². The van der Waals surface area contributed by atoms with E-state index in [0.29, 0.717) is 18.1 Å². The molecular formula is C13H18ClNO3S. The van der Waals surface area contributed by atoms with Crippen LogP contribution in [-0.2, 0) is 4.79 Å². The van der Waals surface area contributed by atoms with Crippen LogP contribution < -0.4 is 10.5 Å². The fourth-order valence-electron chi connectivity index (χ4n) is 1.32. The second-order valence-corrected chi connectivity index (χ2v) is 5.66. The van der Waals surface area contributed by atoms with E-state index in [9.17, 15) is 4.79 Å². The van der Waals surface area contributed by atoms with E-state index in [1.165, 1.54) is 0 Å². The summed E-state index contributed by atoms with van der Waals surface area (Å²) < 4.78 is 5.54. The summed E-state index contributed by atoms with van der Waals surface area (Å²) in [4.78, 5) is 10.5. The third-order valence-corrected chi connectivity index (χ3v) is 3.76. The molecule has 0 saturated heterocycles. The van der Waals surface area contributed by atoms with Crippen molar-refractivity contribution in [1.29, 1.82) is 0 Å². The quantitative estimate of drug-likeness (QED) is 0.686. The van der Waals surface area contributed by atoms with E-state index in [2.05, 4.69) is 0 Å². The van der Waals surface area contributed by atoms with Crippen molar-refractivity contribution in [3.8, 4) is 5.75 Å². The molecule has 19 heavy (non-hydrogen) atoms. The van der Waals surface area contributed by atoms with Gasteiger partial charge in [-0.25, -0.2) is 0 Å². The minimum Gasteiger partial charge on any atom is -0.494 e. The lowest BCUT2D eigenvalue weighted by Gasteiger charge is -2.07. The second-order valence-electron chi connectivity index (χ2n) is 4.00. The number of carboxylic acid groups (broad SMARTS) is 1. The van der Waals surface area contributed by atoms with Gasteiger partial charge in [0.1, 0.15) is 11.8 Å². The zero-order valence-corrected chi connectivity index (χ0v) is 12.1. The zero-order valence-electron chi connectivity index (χ0n) is 10.5. The lowest BCUT2D eigenvalue weighted by molar-refractivity contribution is -0.138. The Morgan fingerprint density at radius 3 is 2.68 bits per heavy atom. The van der Waals surface area contributed by atoms with E-state index in [1.54, 1.807) is 23.9 Å². The molecule has 0 amide bonds. The highest BCUT2D eigenvalue weighted by Crippen LogP contribution is 2.16. The lowest BCUT2D eigenvalue weighted by Crippen LogP contribution is -2.30. The van der Waals surface area contributed by atoms with Gasteiger partial charge < -0.3 is 15.6 Å². The molecule has 0 spiro atoms. The van der Waals surface area contributed by atoms with Gasteiger partial charge in [0.15, 0.2) is 0 Å². The summed E-state index contributed by atoms with van der Waals surface area (Å²) in [6, 6.07) is 6.50. The number of rotatable bonds is 9. The van der Waals surface area contributed by atoms with Crippen molar-refractivity contribution in [2.75, 3.05) is 18.1 Å². The molecule has 0 aliphatic heterocycles. The van der Waals surface area contributed by atoms with Crippen molar-refractivity contribution < 1.29 is 14.6 Å². The van der Waals surface area contributed by atoms with Crippen LogP contribution >= 0.6 is 23.4 Å². The molecule has 6 heteroatoms. The molecule has 0 bridgehead atoms. The average molecular weight is 304 g/mol. The van der Waals surface area contributed by atoms with Crippen LogP contribution in [0.15, 0.2) is 24.3 Å². The van der Waals surface area contributed by atoms with E-state index in [4.69, 9.17) is 27.2 Å². The van der Waals surface area contributed by atoms with E-state index >= 15 is 0 Å². The number of ether oxygens (including phenoxy) is 1. The van der Waals surface area contributed by atoms with Gasteiger partial charge >= 0.3 is 5.97 Å². The van der Waals surface area contributed by atoms with E-state index in [0.717, 1.165) is 23.7 Å². The molecule has 3 N–H and O–H groups in total. The van der Waals surface area contributed by atoms with Crippen molar-refractivity contribution >= 4 is 29.3 Å². The summed E-state index contributed by atoms with van der Waals surface area (Å²) in [5.74, 6) is 1.56. The monoisotopic (exact) mass is 303 g/mol. The Kier molecular flexibility index (Phi) is 7.70. The number of carboxylic acids is 1. The molecule has 1 atom stereocenters. The summed E-state index contributed by atoms with van der Waals surface area (Å²) in [5, 5.41) is 9.30. The number of thioether (sulfide) groups is 1. The molecule has 0 heterocycles. The first-order valence-corrected chi connectivity index (χ1v) is 7.57. The average Bonchev–Trinajstić information content (AvgIpc) is 2.39. The fourth-order valence-corrected chi connectivity index (χ4v) is 2.39. The van der Waals surface area contributed by atoms with Gasteiger partial charge in [-0.2, -0.15) is 11.8 Å². The number of nitrogens with two attached hydrogens (primary N) is 1. The summed E-state index contributed by atoms with van der Waals surface area (Å²) in [7, 11) is 0. The van der Waals surface area contributed by atoms with E-state index < -0.39 is 12.0 Å². The molecule has 0 aromatic heterocycles. The van der Waals surface area contributed by atoms with Gasteiger partial charge in [0.2, 0.25) is 0 Å². The highest BCUT2D eigenvalue weighted by atomic mass is 35.5. The highest BCUT2D eigenvalue weighted by Gasteiger charge is 2.09. The largest absolute Gasteiger partial charge is 0.494 e. The van der Waals surface area contributed by atoms with Gasteiger partial charge in [0.25, 0.3) is 0 Å². The van der Waals surface area contributed by atoms with Crippen molar-refractivity contribution in [3.63, 3.8) is 0 Å².